The van der Waals surface area contributed by atoms with Crippen LogP contribution in [0.15, 0.2) is 24.3 Å². The topological polar surface area (TPSA) is 72.5 Å². The van der Waals surface area contributed by atoms with E-state index in [1.54, 1.807) is 20.1 Å². The molecular weight excluding hydrogens is 278 g/mol. The first-order valence-electron chi connectivity index (χ1n) is 6.46. The summed E-state index contributed by atoms with van der Waals surface area (Å²) in [5.41, 5.74) is 0.195. The van der Waals surface area contributed by atoms with Crippen LogP contribution in [0, 0.1) is 0 Å². The van der Waals surface area contributed by atoms with Gasteiger partial charge in [0.15, 0.2) is 9.84 Å². The quantitative estimate of drug-likeness (QED) is 0.897. The molecule has 1 N–H and O–H groups in total. The number of hydrogen-bond donors (Lipinski definition) is 1. The summed E-state index contributed by atoms with van der Waals surface area (Å²) >= 11 is 0. The van der Waals surface area contributed by atoms with Gasteiger partial charge in [0.1, 0.15) is 5.75 Å². The maximum absolute atomic E-state index is 12.0. The Morgan fingerprint density at radius 1 is 1.45 bits per heavy atom. The van der Waals surface area contributed by atoms with Gasteiger partial charge in [0.25, 0.3) is 0 Å². The lowest BCUT2D eigenvalue weighted by Gasteiger charge is -2.23. The van der Waals surface area contributed by atoms with E-state index < -0.39 is 15.4 Å². The van der Waals surface area contributed by atoms with Crippen LogP contribution in [0.2, 0.25) is 0 Å². The van der Waals surface area contributed by atoms with Crippen LogP contribution in [-0.2, 0) is 21.1 Å². The number of rotatable bonds is 4. The van der Waals surface area contributed by atoms with Crippen molar-refractivity contribution in [1.82, 2.24) is 5.32 Å². The predicted octanol–water partition coefficient (Wildman–Crippen LogP) is 0.931. The zero-order valence-corrected chi connectivity index (χ0v) is 12.5. The fourth-order valence-electron chi connectivity index (χ4n) is 2.46. The molecule has 20 heavy (non-hydrogen) atoms. The third-order valence-corrected chi connectivity index (χ3v) is 5.35. The maximum Gasteiger partial charge on any atom is 0.224 e. The summed E-state index contributed by atoms with van der Waals surface area (Å²) < 4.78 is 28.1. The second-order valence-corrected chi connectivity index (χ2v) is 7.66. The van der Waals surface area contributed by atoms with Gasteiger partial charge in [-0.3, -0.25) is 4.79 Å². The Morgan fingerprint density at radius 2 is 2.20 bits per heavy atom. The molecular formula is C14H19NO4S. The van der Waals surface area contributed by atoms with E-state index in [9.17, 15) is 13.2 Å². The summed E-state index contributed by atoms with van der Waals surface area (Å²) in [4.78, 5) is 12.0. The van der Waals surface area contributed by atoms with Crippen molar-refractivity contribution in [1.29, 1.82) is 0 Å². The largest absolute Gasteiger partial charge is 0.497 e. The molecule has 0 spiro atoms. The van der Waals surface area contributed by atoms with E-state index in [2.05, 4.69) is 5.32 Å². The number of amides is 1. The Labute approximate surface area is 119 Å². The summed E-state index contributed by atoms with van der Waals surface area (Å²) in [6.45, 7) is 1.78. The molecule has 0 saturated carbocycles. The molecule has 2 rings (SSSR count). The van der Waals surface area contributed by atoms with Gasteiger partial charge in [-0.1, -0.05) is 12.1 Å². The number of carbonyl (C=O) groups is 1. The van der Waals surface area contributed by atoms with Gasteiger partial charge in [-0.25, -0.2) is 8.42 Å². The summed E-state index contributed by atoms with van der Waals surface area (Å²) in [5.74, 6) is 0.690. The van der Waals surface area contributed by atoms with Crippen molar-refractivity contribution >= 4 is 15.7 Å². The molecule has 6 heteroatoms. The average molecular weight is 297 g/mol. The number of benzene rings is 1. The highest BCUT2D eigenvalue weighted by molar-refractivity contribution is 7.91. The summed E-state index contributed by atoms with van der Waals surface area (Å²) in [6.07, 6.45) is 0.687. The van der Waals surface area contributed by atoms with Gasteiger partial charge in [0.05, 0.1) is 30.6 Å². The second-order valence-electron chi connectivity index (χ2n) is 5.48. The molecule has 1 aromatic carbocycles. The highest BCUT2D eigenvalue weighted by Gasteiger charge is 2.39. The minimum atomic E-state index is -3.02. The molecule has 0 unspecified atom stereocenters. The predicted molar refractivity (Wildman–Crippen MR) is 76.5 cm³/mol. The summed E-state index contributed by atoms with van der Waals surface area (Å²) in [7, 11) is -1.44. The molecule has 0 radical (unpaired) electrons. The van der Waals surface area contributed by atoms with Crippen molar-refractivity contribution in [2.45, 2.75) is 25.3 Å². The minimum Gasteiger partial charge on any atom is -0.497 e. The normalized spacial score (nSPS) is 24.3. The Bertz CT molecular complexity index is 611. The molecule has 5 nitrogen and oxygen atoms in total. The molecule has 1 amide bonds. The molecule has 1 fully saturated rings. The lowest BCUT2D eigenvalue weighted by molar-refractivity contribution is -0.121. The Kier molecular flexibility index (Phi) is 4.04. The number of methoxy groups -OCH3 is 1. The maximum atomic E-state index is 12.0. The van der Waals surface area contributed by atoms with Gasteiger partial charge >= 0.3 is 0 Å². The molecule has 1 saturated heterocycles. The fraction of sp³-hybridized carbons (Fsp3) is 0.500. The molecule has 0 aliphatic carbocycles. The van der Waals surface area contributed by atoms with E-state index in [4.69, 9.17) is 4.74 Å². The number of carbonyl (C=O) groups excluding carboxylic acids is 1. The van der Waals surface area contributed by atoms with Gasteiger partial charge in [-0.15, -0.1) is 0 Å². The van der Waals surface area contributed by atoms with Crippen LogP contribution in [0.5, 0.6) is 5.75 Å². The fourth-order valence-corrected chi connectivity index (χ4v) is 4.55. The Balaban J connectivity index is 1.99. The Hall–Kier alpha value is -1.56. The highest BCUT2D eigenvalue weighted by atomic mass is 32.2. The van der Waals surface area contributed by atoms with Crippen molar-refractivity contribution < 1.29 is 17.9 Å². The molecule has 0 aromatic heterocycles. The van der Waals surface area contributed by atoms with Crippen molar-refractivity contribution in [2.75, 3.05) is 18.6 Å². The van der Waals surface area contributed by atoms with Crippen LogP contribution >= 0.6 is 0 Å². The third kappa shape index (κ3) is 3.72. The van der Waals surface area contributed by atoms with Crippen LogP contribution in [0.1, 0.15) is 18.9 Å². The van der Waals surface area contributed by atoms with Crippen molar-refractivity contribution in [3.63, 3.8) is 0 Å². The molecule has 1 heterocycles. The standard InChI is InChI=1S/C14H19NO4S/c1-14(6-7-20(17,18)10-14)15-13(16)9-11-4-3-5-12(8-11)19-2/h3-5,8H,6-7,9-10H2,1-2H3,(H,15,16)/t14-/m0/s1. The molecule has 1 atom stereocenters. The number of nitrogens with one attached hydrogen (secondary N) is 1. The molecule has 1 aliphatic rings. The average Bonchev–Trinajstić information content (AvgIpc) is 2.63. The van der Waals surface area contributed by atoms with Crippen LogP contribution in [0.3, 0.4) is 0 Å². The monoisotopic (exact) mass is 297 g/mol. The molecule has 110 valence electrons. The third-order valence-electron chi connectivity index (χ3n) is 3.44. The summed E-state index contributed by atoms with van der Waals surface area (Å²) in [5, 5.41) is 2.84. The first kappa shape index (κ1) is 14.8. The lowest BCUT2D eigenvalue weighted by atomic mass is 10.0. The zero-order valence-electron chi connectivity index (χ0n) is 11.7. The van der Waals surface area contributed by atoms with Crippen molar-refractivity contribution in [2.24, 2.45) is 0 Å². The van der Waals surface area contributed by atoms with E-state index in [1.807, 2.05) is 18.2 Å². The minimum absolute atomic E-state index is 0.0177. The van der Waals surface area contributed by atoms with E-state index in [1.165, 1.54) is 0 Å². The van der Waals surface area contributed by atoms with Crippen LogP contribution < -0.4 is 10.1 Å². The smallest absolute Gasteiger partial charge is 0.224 e. The van der Waals surface area contributed by atoms with E-state index >= 15 is 0 Å². The number of ether oxygens (including phenoxy) is 1. The van der Waals surface area contributed by atoms with Crippen LogP contribution in [0.25, 0.3) is 0 Å². The molecule has 1 aromatic rings. The van der Waals surface area contributed by atoms with Gasteiger partial charge in [0.2, 0.25) is 5.91 Å². The van der Waals surface area contributed by atoms with Crippen LogP contribution in [-0.4, -0.2) is 38.5 Å². The lowest BCUT2D eigenvalue weighted by Crippen LogP contribution is -2.47. The zero-order chi connectivity index (χ0) is 14.8. The van der Waals surface area contributed by atoms with E-state index in [0.29, 0.717) is 12.2 Å². The Morgan fingerprint density at radius 3 is 2.80 bits per heavy atom. The van der Waals surface area contributed by atoms with E-state index in [-0.39, 0.29) is 23.8 Å². The van der Waals surface area contributed by atoms with Crippen LogP contribution in [0.4, 0.5) is 0 Å². The highest BCUT2D eigenvalue weighted by Crippen LogP contribution is 2.23. The van der Waals surface area contributed by atoms with Gasteiger partial charge < -0.3 is 10.1 Å². The van der Waals surface area contributed by atoms with Gasteiger partial charge in [0, 0.05) is 0 Å². The van der Waals surface area contributed by atoms with Crippen molar-refractivity contribution in [3.05, 3.63) is 29.8 Å². The number of sulfone groups is 1. The van der Waals surface area contributed by atoms with Crippen molar-refractivity contribution in [3.8, 4) is 5.75 Å². The molecule has 0 bridgehead atoms. The van der Waals surface area contributed by atoms with Gasteiger partial charge in [-0.2, -0.15) is 0 Å². The van der Waals surface area contributed by atoms with Gasteiger partial charge in [-0.05, 0) is 31.0 Å². The second kappa shape index (κ2) is 5.44. The SMILES string of the molecule is COc1cccc(CC(=O)N[C@@]2(C)CCS(=O)(=O)C2)c1. The summed E-state index contributed by atoms with van der Waals surface area (Å²) in [6, 6.07) is 7.28. The van der Waals surface area contributed by atoms with E-state index in [0.717, 1.165) is 5.56 Å². The number of hydrogen-bond acceptors (Lipinski definition) is 4. The first-order chi connectivity index (χ1) is 9.32. The first-order valence-corrected chi connectivity index (χ1v) is 8.28. The molecule has 1 aliphatic heterocycles.